The van der Waals surface area contributed by atoms with Gasteiger partial charge in [-0.05, 0) is 24.3 Å². The fourth-order valence-electron chi connectivity index (χ4n) is 2.95. The Bertz CT molecular complexity index is 1230. The highest BCUT2D eigenvalue weighted by molar-refractivity contribution is 5.77. The summed E-state index contributed by atoms with van der Waals surface area (Å²) in [5, 5.41) is 7.08. The molecule has 0 radical (unpaired) electrons. The molecule has 4 rings (SSSR count). The summed E-state index contributed by atoms with van der Waals surface area (Å²) >= 11 is 0. The first kappa shape index (κ1) is 18.5. The Morgan fingerprint density at radius 2 is 1.93 bits per heavy atom. The second-order valence-corrected chi connectivity index (χ2v) is 6.45. The van der Waals surface area contributed by atoms with Crippen LogP contribution in [0.25, 0.3) is 22.2 Å². The third-order valence-corrected chi connectivity index (χ3v) is 4.48. The number of benzene rings is 2. The van der Waals surface area contributed by atoms with Crippen LogP contribution >= 0.6 is 0 Å². The van der Waals surface area contributed by atoms with Crippen LogP contribution in [0, 0.1) is 5.82 Å². The third kappa shape index (κ3) is 4.06. The Balaban J connectivity index is 1.35. The van der Waals surface area contributed by atoms with Crippen LogP contribution in [-0.2, 0) is 17.9 Å². The maximum atomic E-state index is 13.8. The van der Waals surface area contributed by atoms with E-state index < -0.39 is 5.82 Å². The van der Waals surface area contributed by atoms with Crippen LogP contribution in [0.4, 0.5) is 4.39 Å². The molecule has 0 unspecified atom stereocenters. The monoisotopic (exact) mass is 392 g/mol. The van der Waals surface area contributed by atoms with Crippen molar-refractivity contribution in [1.82, 2.24) is 20.0 Å². The first-order valence-electron chi connectivity index (χ1n) is 9.03. The SMILES string of the molecule is O=C(CCn1cnc2ccccc2c1=O)NCc1cc(-c2ccccc2F)on1. The van der Waals surface area contributed by atoms with Gasteiger partial charge in [0.25, 0.3) is 5.56 Å². The molecule has 2 heterocycles. The number of amides is 1. The molecule has 0 atom stereocenters. The zero-order chi connectivity index (χ0) is 20.2. The highest BCUT2D eigenvalue weighted by atomic mass is 19.1. The third-order valence-electron chi connectivity index (χ3n) is 4.48. The predicted octanol–water partition coefficient (Wildman–Crippen LogP) is 2.90. The number of carbonyl (C=O) groups excluding carboxylic acids is 1. The molecule has 0 aliphatic rings. The van der Waals surface area contributed by atoms with E-state index in [9.17, 15) is 14.0 Å². The van der Waals surface area contributed by atoms with Gasteiger partial charge in [-0.25, -0.2) is 9.37 Å². The van der Waals surface area contributed by atoms with Crippen LogP contribution in [0.5, 0.6) is 0 Å². The standard InChI is InChI=1S/C21H17FN4O3/c22-17-7-3-1-5-15(17)19-11-14(25-29-19)12-23-20(27)9-10-26-13-24-18-8-4-2-6-16(18)21(26)28/h1-8,11,13H,9-10,12H2,(H,23,27). The average molecular weight is 392 g/mol. The lowest BCUT2D eigenvalue weighted by Crippen LogP contribution is -2.27. The van der Waals surface area contributed by atoms with E-state index in [4.69, 9.17) is 4.52 Å². The van der Waals surface area contributed by atoms with Crippen molar-refractivity contribution in [2.75, 3.05) is 0 Å². The van der Waals surface area contributed by atoms with Gasteiger partial charge < -0.3 is 9.84 Å². The van der Waals surface area contributed by atoms with Gasteiger partial charge in [0.1, 0.15) is 11.5 Å². The number of halogens is 1. The highest BCUT2D eigenvalue weighted by Gasteiger charge is 2.12. The fraction of sp³-hybridized carbons (Fsp3) is 0.143. The summed E-state index contributed by atoms with van der Waals surface area (Å²) in [4.78, 5) is 28.8. The van der Waals surface area contributed by atoms with Crippen molar-refractivity contribution >= 4 is 16.8 Å². The maximum Gasteiger partial charge on any atom is 0.261 e. The van der Waals surface area contributed by atoms with Crippen LogP contribution in [0.3, 0.4) is 0 Å². The average Bonchev–Trinajstić information content (AvgIpc) is 3.21. The van der Waals surface area contributed by atoms with Gasteiger partial charge >= 0.3 is 0 Å². The minimum atomic E-state index is -0.409. The van der Waals surface area contributed by atoms with Crippen molar-refractivity contribution in [2.45, 2.75) is 19.5 Å². The zero-order valence-corrected chi connectivity index (χ0v) is 15.3. The Kier molecular flexibility index (Phi) is 5.15. The first-order valence-corrected chi connectivity index (χ1v) is 9.03. The topological polar surface area (TPSA) is 90.0 Å². The van der Waals surface area contributed by atoms with Gasteiger partial charge in [-0.3, -0.25) is 14.2 Å². The smallest absolute Gasteiger partial charge is 0.261 e. The van der Waals surface area contributed by atoms with Crippen molar-refractivity contribution < 1.29 is 13.7 Å². The summed E-state index contributed by atoms with van der Waals surface area (Å²) in [5.41, 5.74) is 1.21. The van der Waals surface area contributed by atoms with Gasteiger partial charge in [-0.15, -0.1) is 0 Å². The summed E-state index contributed by atoms with van der Waals surface area (Å²) in [6.45, 7) is 0.351. The molecule has 0 spiro atoms. The van der Waals surface area contributed by atoms with Gasteiger partial charge in [0.2, 0.25) is 5.91 Å². The number of fused-ring (bicyclic) bond motifs is 1. The molecule has 0 saturated carbocycles. The lowest BCUT2D eigenvalue weighted by molar-refractivity contribution is -0.121. The number of hydrogen-bond donors (Lipinski definition) is 1. The molecule has 0 saturated heterocycles. The van der Waals surface area contributed by atoms with E-state index in [-0.39, 0.29) is 31.0 Å². The largest absolute Gasteiger partial charge is 0.356 e. The molecule has 146 valence electrons. The quantitative estimate of drug-likeness (QED) is 0.545. The van der Waals surface area contributed by atoms with E-state index in [1.54, 1.807) is 42.5 Å². The van der Waals surface area contributed by atoms with Crippen molar-refractivity contribution in [3.63, 3.8) is 0 Å². The lowest BCUT2D eigenvalue weighted by atomic mass is 10.1. The van der Waals surface area contributed by atoms with E-state index in [1.807, 2.05) is 6.07 Å². The Morgan fingerprint density at radius 1 is 1.14 bits per heavy atom. The van der Waals surface area contributed by atoms with Crippen LogP contribution < -0.4 is 10.9 Å². The molecule has 0 aliphatic carbocycles. The number of nitrogens with zero attached hydrogens (tertiary/aromatic N) is 3. The minimum Gasteiger partial charge on any atom is -0.356 e. The molecule has 1 N–H and O–H groups in total. The molecule has 4 aromatic rings. The van der Waals surface area contributed by atoms with Crippen LogP contribution in [0.2, 0.25) is 0 Å². The Labute approximate surface area is 164 Å². The number of carbonyl (C=O) groups is 1. The van der Waals surface area contributed by atoms with Crippen LogP contribution in [0.15, 0.2) is 70.2 Å². The molecular weight excluding hydrogens is 375 g/mol. The van der Waals surface area contributed by atoms with Crippen molar-refractivity contribution in [1.29, 1.82) is 0 Å². The second kappa shape index (κ2) is 8.05. The molecule has 1 amide bonds. The van der Waals surface area contributed by atoms with Crippen LogP contribution in [0.1, 0.15) is 12.1 Å². The first-order chi connectivity index (χ1) is 14.1. The molecule has 2 aromatic carbocycles. The van der Waals surface area contributed by atoms with Gasteiger partial charge in [0, 0.05) is 19.0 Å². The van der Waals surface area contributed by atoms with E-state index in [2.05, 4.69) is 15.5 Å². The normalized spacial score (nSPS) is 10.9. The number of nitrogens with one attached hydrogen (secondary N) is 1. The van der Waals surface area contributed by atoms with E-state index in [0.717, 1.165) is 0 Å². The lowest BCUT2D eigenvalue weighted by Gasteiger charge is -2.07. The molecule has 0 fully saturated rings. The Morgan fingerprint density at radius 3 is 2.79 bits per heavy atom. The molecular formula is C21H17FN4O3. The van der Waals surface area contributed by atoms with Gasteiger partial charge in [0.05, 0.1) is 29.3 Å². The molecule has 8 heteroatoms. The molecule has 29 heavy (non-hydrogen) atoms. The molecule has 7 nitrogen and oxygen atoms in total. The molecule has 0 aliphatic heterocycles. The summed E-state index contributed by atoms with van der Waals surface area (Å²) in [6, 6.07) is 14.9. The number of aryl methyl sites for hydroxylation is 1. The molecule has 2 aromatic heterocycles. The van der Waals surface area contributed by atoms with Crippen molar-refractivity contribution in [2.24, 2.45) is 0 Å². The maximum absolute atomic E-state index is 13.8. The summed E-state index contributed by atoms with van der Waals surface area (Å²) in [5.74, 6) is -0.365. The Hall–Kier alpha value is -3.81. The fourth-order valence-corrected chi connectivity index (χ4v) is 2.95. The number of rotatable bonds is 6. The number of para-hydroxylation sites is 1. The van der Waals surface area contributed by atoms with Crippen LogP contribution in [-0.4, -0.2) is 20.6 Å². The van der Waals surface area contributed by atoms with Crippen molar-refractivity contribution in [3.05, 3.63) is 82.8 Å². The highest BCUT2D eigenvalue weighted by Crippen LogP contribution is 2.23. The minimum absolute atomic E-state index is 0.109. The zero-order valence-electron chi connectivity index (χ0n) is 15.3. The predicted molar refractivity (Wildman–Crippen MR) is 104 cm³/mol. The molecule has 0 bridgehead atoms. The number of aromatic nitrogens is 3. The second-order valence-electron chi connectivity index (χ2n) is 6.45. The van der Waals surface area contributed by atoms with Gasteiger partial charge in [-0.2, -0.15) is 0 Å². The number of hydrogen-bond acceptors (Lipinski definition) is 5. The van der Waals surface area contributed by atoms with E-state index in [1.165, 1.54) is 17.0 Å². The van der Waals surface area contributed by atoms with E-state index >= 15 is 0 Å². The van der Waals surface area contributed by atoms with Gasteiger partial charge in [0.15, 0.2) is 5.76 Å². The summed E-state index contributed by atoms with van der Waals surface area (Å²) in [6.07, 6.45) is 1.55. The van der Waals surface area contributed by atoms with Crippen molar-refractivity contribution in [3.8, 4) is 11.3 Å². The summed E-state index contributed by atoms with van der Waals surface area (Å²) < 4.78 is 20.4. The summed E-state index contributed by atoms with van der Waals surface area (Å²) in [7, 11) is 0. The van der Waals surface area contributed by atoms with E-state index in [0.29, 0.717) is 27.9 Å². The van der Waals surface area contributed by atoms with Gasteiger partial charge in [-0.1, -0.05) is 29.4 Å².